The summed E-state index contributed by atoms with van der Waals surface area (Å²) in [6, 6.07) is 0.586. The third-order valence-corrected chi connectivity index (χ3v) is 4.95. The summed E-state index contributed by atoms with van der Waals surface area (Å²) >= 11 is 0. The largest absolute Gasteiger partial charge is 0.380 e. The van der Waals surface area contributed by atoms with Gasteiger partial charge in [-0.15, -0.1) is 0 Å². The van der Waals surface area contributed by atoms with Gasteiger partial charge in [-0.25, -0.2) is 0 Å². The van der Waals surface area contributed by atoms with Crippen molar-refractivity contribution in [1.29, 1.82) is 0 Å². The van der Waals surface area contributed by atoms with Crippen LogP contribution in [0.5, 0.6) is 0 Å². The van der Waals surface area contributed by atoms with Crippen LogP contribution in [0.25, 0.3) is 0 Å². The molecule has 0 aromatic rings. The number of rotatable bonds is 5. The standard InChI is InChI=1S/C15H30N2O/c1-3-17(2)15(9-5-4-6-10-15)13-16-14-8-7-11-18-12-14/h14,16H,3-13H2,1-2H3. The van der Waals surface area contributed by atoms with E-state index in [0.29, 0.717) is 11.6 Å². The molecule has 0 bridgehead atoms. The molecule has 1 heterocycles. The molecule has 2 rings (SSSR count). The van der Waals surface area contributed by atoms with Crippen molar-refractivity contribution in [2.75, 3.05) is 33.4 Å². The van der Waals surface area contributed by atoms with Gasteiger partial charge in [0, 0.05) is 24.7 Å². The Balaban J connectivity index is 1.87. The molecular weight excluding hydrogens is 224 g/mol. The van der Waals surface area contributed by atoms with E-state index in [1.54, 1.807) is 0 Å². The molecule has 1 unspecified atom stereocenters. The maximum absolute atomic E-state index is 5.57. The Morgan fingerprint density at radius 1 is 1.22 bits per heavy atom. The van der Waals surface area contributed by atoms with E-state index >= 15 is 0 Å². The van der Waals surface area contributed by atoms with E-state index in [2.05, 4.69) is 24.2 Å². The van der Waals surface area contributed by atoms with Crippen molar-refractivity contribution in [2.24, 2.45) is 0 Å². The maximum Gasteiger partial charge on any atom is 0.0619 e. The van der Waals surface area contributed by atoms with E-state index in [1.807, 2.05) is 0 Å². The van der Waals surface area contributed by atoms with Crippen molar-refractivity contribution in [1.82, 2.24) is 10.2 Å². The SMILES string of the molecule is CCN(C)C1(CNC2CCCOC2)CCCCC1. The average molecular weight is 254 g/mol. The third-order valence-electron chi connectivity index (χ3n) is 4.95. The fraction of sp³-hybridized carbons (Fsp3) is 1.00. The number of nitrogens with one attached hydrogen (secondary N) is 1. The first-order chi connectivity index (χ1) is 8.77. The zero-order valence-electron chi connectivity index (χ0n) is 12.2. The molecule has 1 saturated heterocycles. The molecule has 0 aromatic carbocycles. The lowest BCUT2D eigenvalue weighted by Crippen LogP contribution is -2.56. The summed E-state index contributed by atoms with van der Waals surface area (Å²) in [5.74, 6) is 0. The first kappa shape index (κ1) is 14.3. The van der Waals surface area contributed by atoms with Crippen LogP contribution >= 0.6 is 0 Å². The highest BCUT2D eigenvalue weighted by Gasteiger charge is 2.35. The van der Waals surface area contributed by atoms with E-state index in [4.69, 9.17) is 4.74 Å². The molecule has 2 aliphatic rings. The molecule has 0 amide bonds. The number of hydrogen-bond donors (Lipinski definition) is 1. The van der Waals surface area contributed by atoms with E-state index in [0.717, 1.165) is 26.3 Å². The second-order valence-electron chi connectivity index (χ2n) is 6.09. The van der Waals surface area contributed by atoms with Crippen molar-refractivity contribution in [2.45, 2.75) is 63.5 Å². The highest BCUT2D eigenvalue weighted by Crippen LogP contribution is 2.32. The van der Waals surface area contributed by atoms with Gasteiger partial charge >= 0.3 is 0 Å². The minimum atomic E-state index is 0.407. The number of likely N-dealkylation sites (N-methyl/N-ethyl adjacent to an activating group) is 1. The first-order valence-electron chi connectivity index (χ1n) is 7.79. The summed E-state index contributed by atoms with van der Waals surface area (Å²) in [4.78, 5) is 2.57. The van der Waals surface area contributed by atoms with Gasteiger partial charge in [-0.1, -0.05) is 26.2 Å². The summed E-state index contributed by atoms with van der Waals surface area (Å²) in [6.45, 7) is 6.44. The monoisotopic (exact) mass is 254 g/mol. The van der Waals surface area contributed by atoms with Crippen LogP contribution in [-0.2, 0) is 4.74 Å². The van der Waals surface area contributed by atoms with Gasteiger partial charge in [-0.3, -0.25) is 4.90 Å². The van der Waals surface area contributed by atoms with Crippen LogP contribution < -0.4 is 5.32 Å². The zero-order chi connectivity index (χ0) is 12.8. The predicted molar refractivity (Wildman–Crippen MR) is 76.0 cm³/mol. The van der Waals surface area contributed by atoms with Crippen LogP contribution in [0.1, 0.15) is 51.9 Å². The second-order valence-corrected chi connectivity index (χ2v) is 6.09. The Kier molecular flexibility index (Phi) is 5.46. The number of nitrogens with zero attached hydrogens (tertiary/aromatic N) is 1. The van der Waals surface area contributed by atoms with Crippen LogP contribution in [0, 0.1) is 0 Å². The molecule has 1 saturated carbocycles. The van der Waals surface area contributed by atoms with Gasteiger partial charge in [0.25, 0.3) is 0 Å². The summed E-state index contributed by atoms with van der Waals surface area (Å²) in [6.07, 6.45) is 9.43. The molecule has 0 spiro atoms. The summed E-state index contributed by atoms with van der Waals surface area (Å²) in [7, 11) is 2.30. The highest BCUT2D eigenvalue weighted by atomic mass is 16.5. The third kappa shape index (κ3) is 3.46. The molecule has 0 radical (unpaired) electrons. The molecule has 18 heavy (non-hydrogen) atoms. The minimum absolute atomic E-state index is 0.407. The molecule has 0 aromatic heterocycles. The molecule has 1 N–H and O–H groups in total. The lowest BCUT2D eigenvalue weighted by Gasteiger charge is -2.45. The molecule has 2 fully saturated rings. The Morgan fingerprint density at radius 2 is 2.00 bits per heavy atom. The topological polar surface area (TPSA) is 24.5 Å². The summed E-state index contributed by atoms with van der Waals surface area (Å²) < 4.78 is 5.57. The minimum Gasteiger partial charge on any atom is -0.380 e. The predicted octanol–water partition coefficient (Wildman–Crippen LogP) is 2.41. The number of hydrogen-bond acceptors (Lipinski definition) is 3. The van der Waals surface area contributed by atoms with Gasteiger partial charge in [0.15, 0.2) is 0 Å². The van der Waals surface area contributed by atoms with E-state index in [1.165, 1.54) is 44.9 Å². The average Bonchev–Trinajstić information content (AvgIpc) is 2.46. The molecule has 1 aliphatic heterocycles. The molecule has 1 atom stereocenters. The Morgan fingerprint density at radius 3 is 2.61 bits per heavy atom. The van der Waals surface area contributed by atoms with Gasteiger partial charge in [0.05, 0.1) is 6.61 Å². The molecular formula is C15H30N2O. The lowest BCUT2D eigenvalue weighted by atomic mass is 9.80. The van der Waals surface area contributed by atoms with Gasteiger partial charge in [0.2, 0.25) is 0 Å². The van der Waals surface area contributed by atoms with Crippen LogP contribution in [0.15, 0.2) is 0 Å². The normalized spacial score (nSPS) is 28.5. The van der Waals surface area contributed by atoms with Gasteiger partial charge < -0.3 is 10.1 Å². The molecule has 1 aliphatic carbocycles. The molecule has 3 heteroatoms. The quantitative estimate of drug-likeness (QED) is 0.815. The Labute approximate surface area is 112 Å². The second kappa shape index (κ2) is 6.88. The van der Waals surface area contributed by atoms with Crippen molar-refractivity contribution >= 4 is 0 Å². The van der Waals surface area contributed by atoms with Crippen LogP contribution in [0.2, 0.25) is 0 Å². The van der Waals surface area contributed by atoms with Crippen LogP contribution in [0.4, 0.5) is 0 Å². The molecule has 3 nitrogen and oxygen atoms in total. The van der Waals surface area contributed by atoms with Crippen molar-refractivity contribution in [3.63, 3.8) is 0 Å². The summed E-state index contributed by atoms with van der Waals surface area (Å²) in [5, 5.41) is 3.78. The zero-order valence-corrected chi connectivity index (χ0v) is 12.2. The lowest BCUT2D eigenvalue weighted by molar-refractivity contribution is 0.0456. The number of ether oxygens (including phenoxy) is 1. The first-order valence-corrected chi connectivity index (χ1v) is 7.79. The smallest absolute Gasteiger partial charge is 0.0619 e. The fourth-order valence-corrected chi connectivity index (χ4v) is 3.47. The maximum atomic E-state index is 5.57. The van der Waals surface area contributed by atoms with Crippen LogP contribution in [0.3, 0.4) is 0 Å². The Hall–Kier alpha value is -0.120. The fourth-order valence-electron chi connectivity index (χ4n) is 3.47. The van der Waals surface area contributed by atoms with Gasteiger partial charge in [-0.05, 0) is 39.3 Å². The highest BCUT2D eigenvalue weighted by molar-refractivity contribution is 4.94. The molecule has 106 valence electrons. The van der Waals surface area contributed by atoms with E-state index < -0.39 is 0 Å². The van der Waals surface area contributed by atoms with Crippen molar-refractivity contribution < 1.29 is 4.74 Å². The van der Waals surface area contributed by atoms with Crippen molar-refractivity contribution in [3.8, 4) is 0 Å². The summed E-state index contributed by atoms with van der Waals surface area (Å²) in [5.41, 5.74) is 0.407. The van der Waals surface area contributed by atoms with Gasteiger partial charge in [0.1, 0.15) is 0 Å². The van der Waals surface area contributed by atoms with Gasteiger partial charge in [-0.2, -0.15) is 0 Å². The van der Waals surface area contributed by atoms with Crippen molar-refractivity contribution in [3.05, 3.63) is 0 Å². The Bertz CT molecular complexity index is 233. The van der Waals surface area contributed by atoms with Crippen LogP contribution in [-0.4, -0.2) is 49.8 Å². The van der Waals surface area contributed by atoms with E-state index in [-0.39, 0.29) is 0 Å². The van der Waals surface area contributed by atoms with E-state index in [9.17, 15) is 0 Å².